The number of hydrogen-bond donors (Lipinski definition) is 2. The number of halogens is 1. The van der Waals surface area contributed by atoms with Crippen LogP contribution in [0, 0.1) is 0 Å². The summed E-state index contributed by atoms with van der Waals surface area (Å²) in [7, 11) is 0. The molecule has 1 heterocycles. The zero-order chi connectivity index (χ0) is 9.35. The molecule has 1 aromatic heterocycles. The van der Waals surface area contributed by atoms with Gasteiger partial charge in [0.2, 0.25) is 0 Å². The molecule has 66 valence electrons. The van der Waals surface area contributed by atoms with E-state index < -0.39 is 11.5 Å². The number of carbonyl (C=O) groups is 1. The first-order chi connectivity index (χ1) is 5.46. The Bertz CT molecular complexity index is 308. The fraction of sp³-hybridized carbons (Fsp3) is 0.286. The number of carboxylic acids is 1. The molecule has 3 nitrogen and oxygen atoms in total. The van der Waals surface area contributed by atoms with Crippen LogP contribution in [0.25, 0.3) is 0 Å². The minimum Gasteiger partial charge on any atom is -0.480 e. The van der Waals surface area contributed by atoms with Crippen LogP contribution < -0.4 is 5.73 Å². The number of aliphatic carboxylic acids is 1. The lowest BCUT2D eigenvalue weighted by Crippen LogP contribution is -2.41. The van der Waals surface area contributed by atoms with Crippen LogP contribution in [0.3, 0.4) is 0 Å². The molecular formula is C7H8ClNO2S. The van der Waals surface area contributed by atoms with E-state index in [0.29, 0.717) is 9.90 Å². The van der Waals surface area contributed by atoms with E-state index in [2.05, 4.69) is 0 Å². The second-order valence-corrected chi connectivity index (χ2v) is 4.13. The molecule has 0 aliphatic heterocycles. The number of nitrogens with two attached hydrogens (primary N) is 1. The van der Waals surface area contributed by atoms with E-state index in [1.54, 1.807) is 11.4 Å². The van der Waals surface area contributed by atoms with Gasteiger partial charge in [-0.1, -0.05) is 11.6 Å². The van der Waals surface area contributed by atoms with Gasteiger partial charge in [-0.15, -0.1) is 11.3 Å². The van der Waals surface area contributed by atoms with Gasteiger partial charge >= 0.3 is 5.97 Å². The summed E-state index contributed by atoms with van der Waals surface area (Å²) in [6, 6.07) is 1.63. The molecule has 0 amide bonds. The van der Waals surface area contributed by atoms with Crippen LogP contribution in [0.15, 0.2) is 11.4 Å². The Hall–Kier alpha value is -0.580. The van der Waals surface area contributed by atoms with Crippen molar-refractivity contribution in [2.75, 3.05) is 0 Å². The summed E-state index contributed by atoms with van der Waals surface area (Å²) < 4.78 is 0.433. The first kappa shape index (κ1) is 9.51. The van der Waals surface area contributed by atoms with Crippen LogP contribution in [0.1, 0.15) is 12.5 Å². The zero-order valence-electron chi connectivity index (χ0n) is 6.37. The van der Waals surface area contributed by atoms with Crippen LogP contribution in [0.4, 0.5) is 0 Å². The minimum atomic E-state index is -1.39. The van der Waals surface area contributed by atoms with Gasteiger partial charge in [-0.2, -0.15) is 0 Å². The molecule has 0 bridgehead atoms. The molecule has 1 atom stereocenters. The topological polar surface area (TPSA) is 63.3 Å². The first-order valence-electron chi connectivity index (χ1n) is 3.22. The van der Waals surface area contributed by atoms with Crippen molar-refractivity contribution in [2.24, 2.45) is 5.73 Å². The Morgan fingerprint density at radius 2 is 2.42 bits per heavy atom. The van der Waals surface area contributed by atoms with Gasteiger partial charge in [0.25, 0.3) is 0 Å². The average molecular weight is 206 g/mol. The summed E-state index contributed by atoms with van der Waals surface area (Å²) in [5.41, 5.74) is 4.62. The Labute approximate surface area is 78.8 Å². The molecule has 0 fully saturated rings. The fourth-order valence-electron chi connectivity index (χ4n) is 0.783. The molecule has 1 aromatic rings. The van der Waals surface area contributed by atoms with Crippen molar-refractivity contribution in [3.05, 3.63) is 21.3 Å². The number of hydrogen-bond acceptors (Lipinski definition) is 3. The smallest absolute Gasteiger partial charge is 0.328 e. The number of rotatable bonds is 2. The van der Waals surface area contributed by atoms with E-state index in [-0.39, 0.29) is 0 Å². The van der Waals surface area contributed by atoms with Gasteiger partial charge in [0.1, 0.15) is 5.54 Å². The SMILES string of the molecule is CC(N)(C(=O)O)c1ccsc1Cl. The summed E-state index contributed by atoms with van der Waals surface area (Å²) in [5, 5.41) is 10.5. The predicted molar refractivity (Wildman–Crippen MR) is 48.5 cm³/mol. The van der Waals surface area contributed by atoms with Crippen molar-refractivity contribution in [1.29, 1.82) is 0 Å². The van der Waals surface area contributed by atoms with Gasteiger partial charge in [0.05, 0.1) is 4.34 Å². The maximum absolute atomic E-state index is 10.7. The van der Waals surface area contributed by atoms with Gasteiger partial charge in [0.15, 0.2) is 0 Å². The molecule has 3 N–H and O–H groups in total. The molecule has 0 aliphatic rings. The van der Waals surface area contributed by atoms with Crippen molar-refractivity contribution in [2.45, 2.75) is 12.5 Å². The van der Waals surface area contributed by atoms with E-state index in [1.807, 2.05) is 0 Å². The highest BCUT2D eigenvalue weighted by Crippen LogP contribution is 2.30. The number of carboxylic acid groups (broad SMARTS) is 1. The van der Waals surface area contributed by atoms with Gasteiger partial charge in [-0.05, 0) is 18.4 Å². The Morgan fingerprint density at radius 3 is 2.75 bits per heavy atom. The molecule has 12 heavy (non-hydrogen) atoms. The summed E-state index contributed by atoms with van der Waals surface area (Å²) in [4.78, 5) is 10.7. The highest BCUT2D eigenvalue weighted by molar-refractivity contribution is 7.14. The van der Waals surface area contributed by atoms with Crippen molar-refractivity contribution in [3.8, 4) is 0 Å². The fourth-order valence-corrected chi connectivity index (χ4v) is 1.93. The average Bonchev–Trinajstić information content (AvgIpc) is 2.35. The Kier molecular flexibility index (Phi) is 2.41. The van der Waals surface area contributed by atoms with Gasteiger partial charge in [-0.3, -0.25) is 0 Å². The van der Waals surface area contributed by atoms with Crippen LogP contribution in [0.2, 0.25) is 4.34 Å². The Balaban J connectivity index is 3.13. The molecule has 1 rings (SSSR count). The lowest BCUT2D eigenvalue weighted by atomic mass is 9.97. The van der Waals surface area contributed by atoms with Crippen molar-refractivity contribution >= 4 is 28.9 Å². The molecular weight excluding hydrogens is 198 g/mol. The molecule has 5 heteroatoms. The van der Waals surface area contributed by atoms with Crippen LogP contribution in [-0.4, -0.2) is 11.1 Å². The summed E-state index contributed by atoms with van der Waals surface area (Å²) >= 11 is 7.01. The largest absolute Gasteiger partial charge is 0.480 e. The number of thiophene rings is 1. The monoisotopic (exact) mass is 205 g/mol. The third-order valence-electron chi connectivity index (χ3n) is 1.62. The zero-order valence-corrected chi connectivity index (χ0v) is 7.95. The van der Waals surface area contributed by atoms with Crippen molar-refractivity contribution < 1.29 is 9.90 Å². The van der Waals surface area contributed by atoms with Gasteiger partial charge in [0, 0.05) is 5.56 Å². The highest BCUT2D eigenvalue weighted by atomic mass is 35.5. The van der Waals surface area contributed by atoms with E-state index >= 15 is 0 Å². The summed E-state index contributed by atoms with van der Waals surface area (Å²) in [6.45, 7) is 1.42. The summed E-state index contributed by atoms with van der Waals surface area (Å²) in [6.07, 6.45) is 0. The van der Waals surface area contributed by atoms with Gasteiger partial charge in [-0.25, -0.2) is 4.79 Å². The first-order valence-corrected chi connectivity index (χ1v) is 4.47. The molecule has 0 aromatic carbocycles. The summed E-state index contributed by atoms with van der Waals surface area (Å²) in [5.74, 6) is -1.08. The lowest BCUT2D eigenvalue weighted by Gasteiger charge is -2.17. The molecule has 0 saturated carbocycles. The lowest BCUT2D eigenvalue weighted by molar-refractivity contribution is -0.143. The van der Waals surface area contributed by atoms with Crippen molar-refractivity contribution in [1.82, 2.24) is 0 Å². The maximum atomic E-state index is 10.7. The molecule has 0 saturated heterocycles. The van der Waals surface area contributed by atoms with E-state index in [1.165, 1.54) is 18.3 Å². The van der Waals surface area contributed by atoms with E-state index in [0.717, 1.165) is 0 Å². The van der Waals surface area contributed by atoms with Crippen molar-refractivity contribution in [3.63, 3.8) is 0 Å². The second-order valence-electron chi connectivity index (χ2n) is 2.62. The van der Waals surface area contributed by atoms with E-state index in [9.17, 15) is 4.79 Å². The second kappa shape index (κ2) is 3.05. The quantitative estimate of drug-likeness (QED) is 0.772. The molecule has 0 aliphatic carbocycles. The third kappa shape index (κ3) is 1.46. The Morgan fingerprint density at radius 1 is 1.83 bits per heavy atom. The standard InChI is InChI=1S/C7H8ClNO2S/c1-7(9,6(10)11)4-2-3-12-5(4)8/h2-3H,9H2,1H3,(H,10,11). The molecule has 1 unspecified atom stereocenters. The maximum Gasteiger partial charge on any atom is 0.328 e. The highest BCUT2D eigenvalue weighted by Gasteiger charge is 2.32. The molecule has 0 spiro atoms. The van der Waals surface area contributed by atoms with Crippen LogP contribution in [-0.2, 0) is 10.3 Å². The minimum absolute atomic E-state index is 0.433. The van der Waals surface area contributed by atoms with Crippen LogP contribution in [0.5, 0.6) is 0 Å². The molecule has 0 radical (unpaired) electrons. The predicted octanol–water partition coefficient (Wildman–Crippen LogP) is 1.66. The third-order valence-corrected chi connectivity index (χ3v) is 2.79. The van der Waals surface area contributed by atoms with E-state index in [4.69, 9.17) is 22.4 Å². The normalized spacial score (nSPS) is 15.6. The van der Waals surface area contributed by atoms with Crippen LogP contribution >= 0.6 is 22.9 Å². The van der Waals surface area contributed by atoms with Gasteiger partial charge < -0.3 is 10.8 Å².